The maximum absolute atomic E-state index is 5.35. The number of hydrogen-bond acceptors (Lipinski definition) is 3. The Bertz CT molecular complexity index is 241. The van der Waals surface area contributed by atoms with Gasteiger partial charge in [-0.25, -0.2) is 4.98 Å². The third-order valence-corrected chi connectivity index (χ3v) is 2.00. The van der Waals surface area contributed by atoms with E-state index in [0.29, 0.717) is 0 Å². The van der Waals surface area contributed by atoms with Gasteiger partial charge in [0.25, 0.3) is 0 Å². The molecule has 1 N–H and O–H groups in total. The Labute approximate surface area is 79.5 Å². The van der Waals surface area contributed by atoms with Crippen molar-refractivity contribution in [1.82, 2.24) is 10.3 Å². The van der Waals surface area contributed by atoms with Gasteiger partial charge in [0.15, 0.2) is 5.89 Å². The molecule has 3 heteroatoms. The lowest BCUT2D eigenvalue weighted by Crippen LogP contribution is -2.43. The molecule has 1 saturated heterocycles. The van der Waals surface area contributed by atoms with Gasteiger partial charge in [0, 0.05) is 6.42 Å². The quantitative estimate of drug-likeness (QED) is 0.757. The summed E-state index contributed by atoms with van der Waals surface area (Å²) in [5.74, 6) is 2.54. The monoisotopic (exact) mass is 182 g/mol. The van der Waals surface area contributed by atoms with Crippen LogP contribution in [0.2, 0.25) is 0 Å². The molecule has 0 bridgehead atoms. The number of aryl methyl sites for hydroxylation is 1. The van der Waals surface area contributed by atoms with Crippen molar-refractivity contribution in [2.24, 2.45) is 5.92 Å². The van der Waals surface area contributed by atoms with E-state index in [1.165, 1.54) is 0 Å². The number of rotatable bonds is 2. The van der Waals surface area contributed by atoms with Crippen LogP contribution in [0.5, 0.6) is 0 Å². The molecule has 0 unspecified atom stereocenters. The second kappa shape index (κ2) is 5.02. The Kier molecular flexibility index (Phi) is 3.96. The summed E-state index contributed by atoms with van der Waals surface area (Å²) in [5, 5.41) is 3.22. The smallest absolute Gasteiger partial charge is 0.194 e. The van der Waals surface area contributed by atoms with Crippen molar-refractivity contribution in [2.75, 3.05) is 13.1 Å². The van der Waals surface area contributed by atoms with Gasteiger partial charge < -0.3 is 9.73 Å². The zero-order valence-electron chi connectivity index (χ0n) is 8.63. The van der Waals surface area contributed by atoms with Crippen LogP contribution >= 0.6 is 0 Å². The van der Waals surface area contributed by atoms with Gasteiger partial charge in [-0.1, -0.05) is 13.8 Å². The summed E-state index contributed by atoms with van der Waals surface area (Å²) >= 11 is 0. The van der Waals surface area contributed by atoms with Crippen molar-refractivity contribution in [3.63, 3.8) is 0 Å². The van der Waals surface area contributed by atoms with Crippen LogP contribution in [0.3, 0.4) is 0 Å². The molecule has 1 aliphatic rings. The molecular formula is C10H18N2O. The van der Waals surface area contributed by atoms with E-state index in [-0.39, 0.29) is 0 Å². The Morgan fingerprint density at radius 2 is 2.23 bits per heavy atom. The first-order chi connectivity index (χ1) is 6.34. The fourth-order valence-corrected chi connectivity index (χ4v) is 1.24. The van der Waals surface area contributed by atoms with Crippen molar-refractivity contribution in [3.05, 3.63) is 17.8 Å². The van der Waals surface area contributed by atoms with Crippen LogP contribution in [0.4, 0.5) is 0 Å². The zero-order chi connectivity index (χ0) is 9.68. The molecule has 0 aromatic carbocycles. The second-order valence-corrected chi connectivity index (χ2v) is 3.09. The van der Waals surface area contributed by atoms with Gasteiger partial charge >= 0.3 is 0 Å². The van der Waals surface area contributed by atoms with Gasteiger partial charge in [-0.05, 0) is 25.9 Å². The molecule has 0 saturated carbocycles. The van der Waals surface area contributed by atoms with Gasteiger partial charge in [-0.3, -0.25) is 0 Å². The van der Waals surface area contributed by atoms with Gasteiger partial charge in [0.05, 0.1) is 6.20 Å². The molecule has 0 atom stereocenters. The van der Waals surface area contributed by atoms with E-state index in [2.05, 4.69) is 10.3 Å². The molecule has 1 aromatic rings. The maximum atomic E-state index is 5.35. The van der Waals surface area contributed by atoms with Gasteiger partial charge in [0.2, 0.25) is 0 Å². The summed E-state index contributed by atoms with van der Waals surface area (Å²) in [4.78, 5) is 4.14. The number of oxazole rings is 1. The lowest BCUT2D eigenvalue weighted by Gasteiger charge is -2.25. The Hall–Kier alpha value is -0.830. The van der Waals surface area contributed by atoms with Crippen LogP contribution in [-0.4, -0.2) is 18.1 Å². The van der Waals surface area contributed by atoms with E-state index >= 15 is 0 Å². The normalized spacial score (nSPS) is 15.9. The van der Waals surface area contributed by atoms with Crippen LogP contribution in [0.1, 0.15) is 25.5 Å². The highest BCUT2D eigenvalue weighted by molar-refractivity contribution is 4.93. The predicted octanol–water partition coefficient (Wildman–Crippen LogP) is 1.77. The molecule has 13 heavy (non-hydrogen) atoms. The Morgan fingerprint density at radius 1 is 1.54 bits per heavy atom. The van der Waals surface area contributed by atoms with Crippen molar-refractivity contribution in [1.29, 1.82) is 0 Å². The van der Waals surface area contributed by atoms with Crippen LogP contribution in [0.15, 0.2) is 10.6 Å². The van der Waals surface area contributed by atoms with Crippen LogP contribution in [0, 0.1) is 12.8 Å². The van der Waals surface area contributed by atoms with Crippen LogP contribution in [-0.2, 0) is 6.42 Å². The van der Waals surface area contributed by atoms with Gasteiger partial charge in [0.1, 0.15) is 5.76 Å². The summed E-state index contributed by atoms with van der Waals surface area (Å²) in [6, 6.07) is 0. The largest absolute Gasteiger partial charge is 0.446 e. The standard InChI is InChI=1S/C8H12N2O.C2H6/c1-6-3-10-8(11-6)2-7-4-9-5-7;1-2/h3,7,9H,2,4-5H2,1H3;1-2H3. The number of hydrogen-bond donors (Lipinski definition) is 1. The Morgan fingerprint density at radius 3 is 2.62 bits per heavy atom. The highest BCUT2D eigenvalue weighted by Crippen LogP contribution is 2.11. The fourth-order valence-electron chi connectivity index (χ4n) is 1.24. The highest BCUT2D eigenvalue weighted by Gasteiger charge is 2.18. The minimum Gasteiger partial charge on any atom is -0.446 e. The minimum atomic E-state index is 0.744. The number of nitrogens with one attached hydrogen (secondary N) is 1. The lowest BCUT2D eigenvalue weighted by atomic mass is 10.00. The van der Waals surface area contributed by atoms with Crippen molar-refractivity contribution in [3.8, 4) is 0 Å². The molecule has 0 amide bonds. The molecule has 0 radical (unpaired) electrons. The van der Waals surface area contributed by atoms with E-state index < -0.39 is 0 Å². The van der Waals surface area contributed by atoms with Crippen LogP contribution < -0.4 is 5.32 Å². The highest BCUT2D eigenvalue weighted by atomic mass is 16.4. The van der Waals surface area contributed by atoms with Crippen molar-refractivity contribution < 1.29 is 4.42 Å². The first-order valence-electron chi connectivity index (χ1n) is 4.96. The fraction of sp³-hybridized carbons (Fsp3) is 0.700. The lowest BCUT2D eigenvalue weighted by molar-refractivity contribution is 0.315. The maximum Gasteiger partial charge on any atom is 0.194 e. The van der Waals surface area contributed by atoms with E-state index in [1.807, 2.05) is 20.8 Å². The summed E-state index contributed by atoms with van der Waals surface area (Å²) in [5.41, 5.74) is 0. The minimum absolute atomic E-state index is 0.744. The average Bonchev–Trinajstić information content (AvgIpc) is 2.48. The summed E-state index contributed by atoms with van der Waals surface area (Å²) < 4.78 is 5.35. The molecular weight excluding hydrogens is 164 g/mol. The summed E-state index contributed by atoms with van der Waals surface area (Å²) in [7, 11) is 0. The van der Waals surface area contributed by atoms with Crippen molar-refractivity contribution in [2.45, 2.75) is 27.2 Å². The number of nitrogens with zero attached hydrogens (tertiary/aromatic N) is 1. The molecule has 2 heterocycles. The molecule has 2 rings (SSSR count). The molecule has 1 aromatic heterocycles. The first kappa shape index (κ1) is 10.3. The van der Waals surface area contributed by atoms with E-state index in [0.717, 1.165) is 37.1 Å². The van der Waals surface area contributed by atoms with E-state index in [4.69, 9.17) is 4.42 Å². The number of aromatic nitrogens is 1. The molecule has 0 aliphatic carbocycles. The topological polar surface area (TPSA) is 38.1 Å². The second-order valence-electron chi connectivity index (χ2n) is 3.09. The SMILES string of the molecule is CC.Cc1cnc(CC2CNC2)o1. The molecule has 1 fully saturated rings. The van der Waals surface area contributed by atoms with E-state index in [1.54, 1.807) is 6.20 Å². The van der Waals surface area contributed by atoms with Crippen LogP contribution in [0.25, 0.3) is 0 Å². The first-order valence-corrected chi connectivity index (χ1v) is 4.96. The average molecular weight is 182 g/mol. The third-order valence-electron chi connectivity index (χ3n) is 2.00. The Balaban J connectivity index is 0.000000396. The van der Waals surface area contributed by atoms with Gasteiger partial charge in [-0.15, -0.1) is 0 Å². The van der Waals surface area contributed by atoms with Crippen molar-refractivity contribution >= 4 is 0 Å². The van der Waals surface area contributed by atoms with E-state index in [9.17, 15) is 0 Å². The summed E-state index contributed by atoms with van der Waals surface area (Å²) in [6.45, 7) is 8.15. The molecule has 74 valence electrons. The molecule has 0 spiro atoms. The zero-order valence-corrected chi connectivity index (χ0v) is 8.63. The molecule has 3 nitrogen and oxygen atoms in total. The van der Waals surface area contributed by atoms with Gasteiger partial charge in [-0.2, -0.15) is 0 Å². The molecule has 1 aliphatic heterocycles. The summed E-state index contributed by atoms with van der Waals surface area (Å²) in [6.07, 6.45) is 2.77. The third kappa shape index (κ3) is 2.84. The predicted molar refractivity (Wildman–Crippen MR) is 52.7 cm³/mol.